The van der Waals surface area contributed by atoms with Crippen molar-refractivity contribution in [2.75, 3.05) is 32.8 Å². The van der Waals surface area contributed by atoms with Crippen molar-refractivity contribution >= 4 is 17.6 Å². The Hall–Kier alpha value is -3.42. The van der Waals surface area contributed by atoms with Crippen LogP contribution in [0.5, 0.6) is 11.5 Å². The monoisotopic (exact) mass is 426 g/mol. The summed E-state index contributed by atoms with van der Waals surface area (Å²) in [5.74, 6) is 0.275. The summed E-state index contributed by atoms with van der Waals surface area (Å²) in [6, 6.07) is 12.5. The van der Waals surface area contributed by atoms with Crippen molar-refractivity contribution in [1.29, 1.82) is 0 Å². The van der Waals surface area contributed by atoms with E-state index in [0.29, 0.717) is 43.2 Å². The van der Waals surface area contributed by atoms with Gasteiger partial charge in [-0.25, -0.2) is 4.39 Å². The van der Waals surface area contributed by atoms with Crippen LogP contribution < -0.4 is 9.47 Å². The number of ether oxygens (including phenoxy) is 2. The molecular weight excluding hydrogens is 403 g/mol. The lowest BCUT2D eigenvalue weighted by atomic mass is 10.1. The maximum atomic E-state index is 13.0. The number of rotatable bonds is 5. The first-order chi connectivity index (χ1) is 15.0. The van der Waals surface area contributed by atoms with Gasteiger partial charge in [-0.05, 0) is 36.4 Å². The number of para-hydroxylation sites is 2. The molecule has 2 heterocycles. The number of halogens is 1. The van der Waals surface area contributed by atoms with Crippen molar-refractivity contribution in [3.05, 3.63) is 59.9 Å². The molecule has 2 amide bonds. The van der Waals surface area contributed by atoms with E-state index < -0.39 is 11.9 Å². The van der Waals surface area contributed by atoms with Gasteiger partial charge in [-0.3, -0.25) is 14.4 Å². The topological polar surface area (TPSA) is 76.2 Å². The number of hydrogen-bond acceptors (Lipinski definition) is 5. The Morgan fingerprint density at radius 1 is 0.871 bits per heavy atom. The fourth-order valence-corrected chi connectivity index (χ4v) is 3.68. The molecule has 4 rings (SSSR count). The third-order valence-electron chi connectivity index (χ3n) is 5.46. The summed E-state index contributed by atoms with van der Waals surface area (Å²) in [5, 5.41) is 0. The molecule has 2 aliphatic rings. The van der Waals surface area contributed by atoms with E-state index in [0.717, 1.165) is 0 Å². The van der Waals surface area contributed by atoms with Crippen molar-refractivity contribution in [3.63, 3.8) is 0 Å². The van der Waals surface area contributed by atoms with Gasteiger partial charge in [0.1, 0.15) is 12.4 Å². The lowest BCUT2D eigenvalue weighted by Crippen LogP contribution is -2.55. The van der Waals surface area contributed by atoms with Crippen LogP contribution >= 0.6 is 0 Å². The third-order valence-corrected chi connectivity index (χ3v) is 5.46. The molecule has 0 bridgehead atoms. The SMILES string of the molecule is O=C(CCC(=O)N1CCN(C(=O)[C@@H]2COc3ccccc3O2)CC1)c1ccc(F)cc1. The van der Waals surface area contributed by atoms with Crippen LogP contribution in [-0.4, -0.2) is 66.3 Å². The molecule has 0 radical (unpaired) electrons. The first-order valence-electron chi connectivity index (χ1n) is 10.2. The van der Waals surface area contributed by atoms with Gasteiger partial charge in [-0.2, -0.15) is 0 Å². The van der Waals surface area contributed by atoms with Gasteiger partial charge >= 0.3 is 0 Å². The standard InChI is InChI=1S/C23H23FN2O5/c24-17-7-5-16(6-8-17)18(27)9-10-22(28)25-11-13-26(14-12-25)23(29)21-15-30-19-3-1-2-4-20(19)31-21/h1-8,21H,9-15H2/t21-/m0/s1. The average Bonchev–Trinajstić information content (AvgIpc) is 2.82. The summed E-state index contributed by atoms with van der Waals surface area (Å²) >= 11 is 0. The maximum absolute atomic E-state index is 13.0. The number of ketones is 1. The predicted molar refractivity (Wildman–Crippen MR) is 109 cm³/mol. The van der Waals surface area contributed by atoms with Crippen LogP contribution in [0.1, 0.15) is 23.2 Å². The Morgan fingerprint density at radius 3 is 2.23 bits per heavy atom. The number of amides is 2. The first kappa shape index (κ1) is 20.8. The molecular formula is C23H23FN2O5. The molecule has 7 nitrogen and oxygen atoms in total. The van der Waals surface area contributed by atoms with Gasteiger partial charge < -0.3 is 19.3 Å². The number of carbonyl (C=O) groups excluding carboxylic acids is 3. The van der Waals surface area contributed by atoms with E-state index in [9.17, 15) is 18.8 Å². The molecule has 2 aliphatic heterocycles. The molecule has 2 aromatic rings. The fourth-order valence-electron chi connectivity index (χ4n) is 3.68. The number of Topliss-reactive ketones (excluding diaryl/α,β-unsaturated/α-hetero) is 1. The number of hydrogen-bond donors (Lipinski definition) is 0. The van der Waals surface area contributed by atoms with E-state index in [1.54, 1.807) is 21.9 Å². The molecule has 0 N–H and O–H groups in total. The zero-order valence-electron chi connectivity index (χ0n) is 17.0. The number of benzene rings is 2. The van der Waals surface area contributed by atoms with E-state index >= 15 is 0 Å². The normalized spacial score (nSPS) is 17.9. The lowest BCUT2D eigenvalue weighted by molar-refractivity contribution is -0.146. The summed E-state index contributed by atoms with van der Waals surface area (Å²) in [5.41, 5.74) is 0.390. The van der Waals surface area contributed by atoms with Gasteiger partial charge in [-0.15, -0.1) is 0 Å². The number of piperazine rings is 1. The molecule has 0 unspecified atom stereocenters. The molecule has 31 heavy (non-hydrogen) atoms. The largest absolute Gasteiger partial charge is 0.485 e. The zero-order chi connectivity index (χ0) is 21.8. The molecule has 0 aromatic heterocycles. The highest BCUT2D eigenvalue weighted by Crippen LogP contribution is 2.31. The van der Waals surface area contributed by atoms with Crippen molar-refractivity contribution in [1.82, 2.24) is 9.80 Å². The second kappa shape index (κ2) is 9.16. The Kier molecular flexibility index (Phi) is 6.16. The fraction of sp³-hybridized carbons (Fsp3) is 0.348. The number of fused-ring (bicyclic) bond motifs is 1. The van der Waals surface area contributed by atoms with Crippen LogP contribution in [0.25, 0.3) is 0 Å². The molecule has 0 aliphatic carbocycles. The van der Waals surface area contributed by atoms with Gasteiger partial charge in [0.15, 0.2) is 17.3 Å². The van der Waals surface area contributed by atoms with Gasteiger partial charge in [0, 0.05) is 44.6 Å². The lowest BCUT2D eigenvalue weighted by Gasteiger charge is -2.37. The first-order valence-corrected chi connectivity index (χ1v) is 10.2. The Bertz CT molecular complexity index is 970. The maximum Gasteiger partial charge on any atom is 0.267 e. The highest BCUT2D eigenvalue weighted by molar-refractivity contribution is 5.97. The molecule has 0 spiro atoms. The molecule has 1 fully saturated rings. The van der Waals surface area contributed by atoms with Crippen LogP contribution in [-0.2, 0) is 9.59 Å². The second-order valence-corrected chi connectivity index (χ2v) is 7.50. The quantitative estimate of drug-likeness (QED) is 0.686. The van der Waals surface area contributed by atoms with Crippen molar-refractivity contribution in [2.45, 2.75) is 18.9 Å². The molecule has 8 heteroatoms. The zero-order valence-corrected chi connectivity index (χ0v) is 17.0. The molecule has 2 aromatic carbocycles. The summed E-state index contributed by atoms with van der Waals surface area (Å²) in [7, 11) is 0. The third kappa shape index (κ3) is 4.84. The van der Waals surface area contributed by atoms with E-state index in [4.69, 9.17) is 9.47 Å². The summed E-state index contributed by atoms with van der Waals surface area (Å²) in [4.78, 5) is 40.8. The molecule has 1 saturated heterocycles. The Balaban J connectivity index is 1.24. The molecule has 0 saturated carbocycles. The Morgan fingerprint density at radius 2 is 1.52 bits per heavy atom. The van der Waals surface area contributed by atoms with Gasteiger partial charge in [0.05, 0.1) is 0 Å². The number of carbonyl (C=O) groups is 3. The van der Waals surface area contributed by atoms with Gasteiger partial charge in [0.25, 0.3) is 5.91 Å². The van der Waals surface area contributed by atoms with E-state index in [1.807, 2.05) is 12.1 Å². The predicted octanol–water partition coefficient (Wildman–Crippen LogP) is 2.30. The van der Waals surface area contributed by atoms with Crippen LogP contribution in [0.2, 0.25) is 0 Å². The highest BCUT2D eigenvalue weighted by Gasteiger charge is 2.33. The Labute approximate surface area is 179 Å². The van der Waals surface area contributed by atoms with Crippen molar-refractivity contribution in [2.24, 2.45) is 0 Å². The van der Waals surface area contributed by atoms with Crippen LogP contribution in [0.15, 0.2) is 48.5 Å². The average molecular weight is 426 g/mol. The van der Waals surface area contributed by atoms with Crippen molar-refractivity contribution < 1.29 is 28.2 Å². The van der Waals surface area contributed by atoms with Gasteiger partial charge in [-0.1, -0.05) is 12.1 Å². The second-order valence-electron chi connectivity index (χ2n) is 7.50. The van der Waals surface area contributed by atoms with Crippen LogP contribution in [0.3, 0.4) is 0 Å². The minimum atomic E-state index is -0.703. The van der Waals surface area contributed by atoms with Crippen molar-refractivity contribution in [3.8, 4) is 11.5 Å². The van der Waals surface area contributed by atoms with Crippen LogP contribution in [0.4, 0.5) is 4.39 Å². The molecule has 1 atom stereocenters. The van der Waals surface area contributed by atoms with E-state index in [2.05, 4.69) is 0 Å². The highest BCUT2D eigenvalue weighted by atomic mass is 19.1. The van der Waals surface area contributed by atoms with Gasteiger partial charge in [0.2, 0.25) is 12.0 Å². The van der Waals surface area contributed by atoms with E-state index in [1.165, 1.54) is 24.3 Å². The minimum Gasteiger partial charge on any atom is -0.485 e. The summed E-state index contributed by atoms with van der Waals surface area (Å²) < 4.78 is 24.4. The summed E-state index contributed by atoms with van der Waals surface area (Å²) in [6.45, 7) is 1.76. The summed E-state index contributed by atoms with van der Waals surface area (Å²) in [6.07, 6.45) is -0.554. The molecule has 162 valence electrons. The van der Waals surface area contributed by atoms with E-state index in [-0.39, 0.29) is 37.0 Å². The number of nitrogens with zero attached hydrogens (tertiary/aromatic N) is 2. The van der Waals surface area contributed by atoms with Crippen LogP contribution in [0, 0.1) is 5.82 Å². The smallest absolute Gasteiger partial charge is 0.267 e. The minimum absolute atomic E-state index is 0.0657.